The number of fused-ring (bicyclic) bond motifs is 1. The molecule has 5 heteroatoms. The smallest absolute Gasteiger partial charge is 0.132 e. The number of halogens is 1. The molecule has 1 N–H and O–H groups in total. The summed E-state index contributed by atoms with van der Waals surface area (Å²) in [6.45, 7) is 5.25. The van der Waals surface area contributed by atoms with Crippen molar-refractivity contribution in [2.75, 3.05) is 12.4 Å². The highest BCUT2D eigenvalue weighted by atomic mass is 35.5. The molecule has 2 unspecified atom stereocenters. The van der Waals surface area contributed by atoms with Crippen LogP contribution in [-0.2, 0) is 22.6 Å². The van der Waals surface area contributed by atoms with Crippen LogP contribution in [0.1, 0.15) is 36.6 Å². The Kier molecular flexibility index (Phi) is 6.51. The summed E-state index contributed by atoms with van der Waals surface area (Å²) >= 11 is 6.11. The number of hydrogen-bond donors (Lipinski definition) is 1. The van der Waals surface area contributed by atoms with E-state index in [1.54, 1.807) is 7.11 Å². The largest absolute Gasteiger partial charge is 0.485 e. The lowest BCUT2D eigenvalue weighted by molar-refractivity contribution is -0.153. The second kappa shape index (κ2) is 9.31. The SMILES string of the molecule is COC1C(OCc2ccccc2)c2cc(NCc3cccc(Cl)c3)ccc2OC1(C)C. The summed E-state index contributed by atoms with van der Waals surface area (Å²) in [5.74, 6) is 0.824. The molecule has 3 aromatic carbocycles. The summed E-state index contributed by atoms with van der Waals surface area (Å²) in [5.41, 5.74) is 3.70. The lowest BCUT2D eigenvalue weighted by Gasteiger charge is -2.43. The van der Waals surface area contributed by atoms with E-state index >= 15 is 0 Å². The second-order valence-corrected chi connectivity index (χ2v) is 8.75. The van der Waals surface area contributed by atoms with Gasteiger partial charge in [-0.05, 0) is 55.3 Å². The van der Waals surface area contributed by atoms with Gasteiger partial charge < -0.3 is 19.5 Å². The van der Waals surface area contributed by atoms with Crippen molar-refractivity contribution in [3.63, 3.8) is 0 Å². The maximum absolute atomic E-state index is 6.42. The minimum atomic E-state index is -0.515. The Morgan fingerprint density at radius 2 is 1.74 bits per heavy atom. The van der Waals surface area contributed by atoms with Crippen LogP contribution < -0.4 is 10.1 Å². The molecule has 0 saturated heterocycles. The fraction of sp³-hybridized carbons (Fsp3) is 0.308. The van der Waals surface area contributed by atoms with Crippen molar-refractivity contribution in [3.8, 4) is 5.75 Å². The van der Waals surface area contributed by atoms with E-state index in [1.165, 1.54) is 0 Å². The quantitative estimate of drug-likeness (QED) is 0.464. The van der Waals surface area contributed by atoms with Gasteiger partial charge in [0.05, 0.1) is 6.61 Å². The Morgan fingerprint density at radius 3 is 2.48 bits per heavy atom. The van der Waals surface area contributed by atoms with Gasteiger partial charge in [-0.1, -0.05) is 54.1 Å². The first-order valence-corrected chi connectivity index (χ1v) is 10.8. The molecule has 0 amide bonds. The molecule has 1 aliphatic rings. The first-order chi connectivity index (χ1) is 15.0. The van der Waals surface area contributed by atoms with Crippen LogP contribution in [0.5, 0.6) is 5.75 Å². The summed E-state index contributed by atoms with van der Waals surface area (Å²) < 4.78 is 18.6. The molecule has 0 spiro atoms. The van der Waals surface area contributed by atoms with E-state index < -0.39 is 5.60 Å². The van der Waals surface area contributed by atoms with Gasteiger partial charge in [0.15, 0.2) is 0 Å². The molecule has 162 valence electrons. The van der Waals surface area contributed by atoms with Crippen LogP contribution in [0.4, 0.5) is 5.69 Å². The highest BCUT2D eigenvalue weighted by Crippen LogP contribution is 2.44. The fourth-order valence-electron chi connectivity index (χ4n) is 4.04. The van der Waals surface area contributed by atoms with E-state index in [9.17, 15) is 0 Å². The number of anilines is 1. The Morgan fingerprint density at radius 1 is 0.968 bits per heavy atom. The molecule has 0 radical (unpaired) electrons. The first-order valence-electron chi connectivity index (χ1n) is 10.5. The molecule has 4 rings (SSSR count). The van der Waals surface area contributed by atoms with Gasteiger partial charge in [0.25, 0.3) is 0 Å². The van der Waals surface area contributed by atoms with Gasteiger partial charge in [-0.3, -0.25) is 0 Å². The zero-order valence-corrected chi connectivity index (χ0v) is 18.9. The van der Waals surface area contributed by atoms with Gasteiger partial charge in [0.2, 0.25) is 0 Å². The van der Waals surface area contributed by atoms with Crippen molar-refractivity contribution in [2.24, 2.45) is 0 Å². The monoisotopic (exact) mass is 437 g/mol. The molecule has 3 aromatic rings. The van der Waals surface area contributed by atoms with Gasteiger partial charge >= 0.3 is 0 Å². The Hall–Kier alpha value is -2.53. The van der Waals surface area contributed by atoms with Gasteiger partial charge in [-0.15, -0.1) is 0 Å². The minimum absolute atomic E-state index is 0.244. The topological polar surface area (TPSA) is 39.7 Å². The number of rotatable bonds is 7. The van der Waals surface area contributed by atoms with Gasteiger partial charge in [0.1, 0.15) is 23.6 Å². The van der Waals surface area contributed by atoms with Gasteiger partial charge in [-0.25, -0.2) is 0 Å². The predicted molar refractivity (Wildman–Crippen MR) is 125 cm³/mol. The Balaban J connectivity index is 1.58. The Labute approximate surface area is 189 Å². The summed E-state index contributed by atoms with van der Waals surface area (Å²) in [4.78, 5) is 0. The summed E-state index contributed by atoms with van der Waals surface area (Å²) in [5, 5.41) is 4.21. The van der Waals surface area contributed by atoms with Gasteiger partial charge in [0, 0.05) is 29.9 Å². The minimum Gasteiger partial charge on any atom is -0.485 e. The molecule has 0 fully saturated rings. The lowest BCUT2D eigenvalue weighted by atomic mass is 9.88. The van der Waals surface area contributed by atoms with Crippen LogP contribution in [0.15, 0.2) is 72.8 Å². The number of hydrogen-bond acceptors (Lipinski definition) is 4. The third kappa shape index (κ3) is 5.04. The molecular weight excluding hydrogens is 410 g/mol. The third-order valence-electron chi connectivity index (χ3n) is 5.56. The zero-order valence-electron chi connectivity index (χ0n) is 18.1. The molecule has 4 nitrogen and oxygen atoms in total. The molecule has 1 heterocycles. The fourth-order valence-corrected chi connectivity index (χ4v) is 4.25. The van der Waals surface area contributed by atoms with E-state index in [2.05, 4.69) is 29.6 Å². The average Bonchev–Trinajstić information content (AvgIpc) is 2.76. The van der Waals surface area contributed by atoms with E-state index in [0.717, 1.165) is 33.1 Å². The standard InChI is InChI=1S/C26H28ClNO3/c1-26(2)25(29-3)24(30-17-18-8-5-4-6-9-18)22-15-21(12-13-23(22)31-26)28-16-19-10-7-11-20(27)14-19/h4-15,24-25,28H,16-17H2,1-3H3. The summed E-state index contributed by atoms with van der Waals surface area (Å²) in [6, 6.07) is 24.2. The van der Waals surface area contributed by atoms with Crippen molar-refractivity contribution < 1.29 is 14.2 Å². The van der Waals surface area contributed by atoms with Crippen LogP contribution in [0.25, 0.3) is 0 Å². The summed E-state index contributed by atoms with van der Waals surface area (Å²) in [7, 11) is 1.71. The first kappa shape index (κ1) is 21.7. The molecule has 1 aliphatic heterocycles. The van der Waals surface area contributed by atoms with Crippen molar-refractivity contribution in [1.29, 1.82) is 0 Å². The van der Waals surface area contributed by atoms with Crippen LogP contribution in [0, 0.1) is 0 Å². The number of benzene rings is 3. The number of ether oxygens (including phenoxy) is 3. The van der Waals surface area contributed by atoms with Crippen molar-refractivity contribution >= 4 is 17.3 Å². The Bertz CT molecular complexity index is 1020. The summed E-state index contributed by atoms with van der Waals surface area (Å²) in [6.07, 6.45) is -0.497. The molecule has 0 saturated carbocycles. The third-order valence-corrected chi connectivity index (χ3v) is 5.80. The van der Waals surface area contributed by atoms with Crippen LogP contribution in [0.2, 0.25) is 5.02 Å². The normalized spacial score (nSPS) is 19.4. The molecular formula is C26H28ClNO3. The second-order valence-electron chi connectivity index (χ2n) is 8.32. The highest BCUT2D eigenvalue weighted by molar-refractivity contribution is 6.30. The molecule has 0 bridgehead atoms. The van der Waals surface area contributed by atoms with Crippen molar-refractivity contribution in [1.82, 2.24) is 0 Å². The van der Waals surface area contributed by atoms with E-state index in [4.69, 9.17) is 25.8 Å². The highest BCUT2D eigenvalue weighted by Gasteiger charge is 2.45. The number of nitrogens with one attached hydrogen (secondary N) is 1. The molecule has 0 aliphatic carbocycles. The lowest BCUT2D eigenvalue weighted by Crippen LogP contribution is -2.50. The van der Waals surface area contributed by atoms with Crippen molar-refractivity contribution in [2.45, 2.75) is 44.8 Å². The zero-order chi connectivity index (χ0) is 21.8. The van der Waals surface area contributed by atoms with Crippen LogP contribution in [-0.4, -0.2) is 18.8 Å². The van der Waals surface area contributed by atoms with Crippen LogP contribution >= 0.6 is 11.6 Å². The molecule has 0 aromatic heterocycles. The number of methoxy groups -OCH3 is 1. The maximum Gasteiger partial charge on any atom is 0.132 e. The maximum atomic E-state index is 6.42. The molecule has 31 heavy (non-hydrogen) atoms. The van der Waals surface area contributed by atoms with Gasteiger partial charge in [-0.2, -0.15) is 0 Å². The van der Waals surface area contributed by atoms with Crippen LogP contribution in [0.3, 0.4) is 0 Å². The van der Waals surface area contributed by atoms with E-state index in [0.29, 0.717) is 13.2 Å². The van der Waals surface area contributed by atoms with E-state index in [1.807, 2.05) is 62.4 Å². The predicted octanol–water partition coefficient (Wildman–Crippen LogP) is 6.40. The molecule has 2 atom stereocenters. The van der Waals surface area contributed by atoms with Crippen molar-refractivity contribution in [3.05, 3.63) is 94.5 Å². The van der Waals surface area contributed by atoms with E-state index in [-0.39, 0.29) is 12.2 Å². The average molecular weight is 438 g/mol.